The maximum atomic E-state index is 12.1. The van der Waals surface area contributed by atoms with Gasteiger partial charge in [0.1, 0.15) is 18.1 Å². The Morgan fingerprint density at radius 2 is 2.14 bits per heavy atom. The van der Waals surface area contributed by atoms with Crippen LogP contribution >= 0.6 is 0 Å². The van der Waals surface area contributed by atoms with E-state index in [-0.39, 0.29) is 23.7 Å². The number of carbonyl (C=O) groups excluding carboxylic acids is 1. The summed E-state index contributed by atoms with van der Waals surface area (Å²) in [6, 6.07) is 5.70. The van der Waals surface area contributed by atoms with Crippen LogP contribution in [-0.2, 0) is 14.9 Å². The van der Waals surface area contributed by atoms with Crippen molar-refractivity contribution < 1.29 is 19.0 Å². The van der Waals surface area contributed by atoms with Crippen molar-refractivity contribution in [3.8, 4) is 11.5 Å². The fraction of sp³-hybridized carbons (Fsp3) is 0.588. The Kier molecular flexibility index (Phi) is 4.88. The summed E-state index contributed by atoms with van der Waals surface area (Å²) in [5.74, 6) is 1.64. The van der Waals surface area contributed by atoms with E-state index in [2.05, 4.69) is 20.8 Å². The topological polar surface area (TPSA) is 44.8 Å². The number of hydrogen-bond donors (Lipinski definition) is 0. The van der Waals surface area contributed by atoms with Gasteiger partial charge in [-0.1, -0.05) is 20.8 Å². The van der Waals surface area contributed by atoms with Gasteiger partial charge in [-0.3, -0.25) is 4.79 Å². The van der Waals surface area contributed by atoms with E-state index in [1.165, 1.54) is 0 Å². The predicted molar refractivity (Wildman–Crippen MR) is 81.1 cm³/mol. The van der Waals surface area contributed by atoms with Gasteiger partial charge >= 0.3 is 0 Å². The zero-order chi connectivity index (χ0) is 15.5. The van der Waals surface area contributed by atoms with Crippen LogP contribution in [-0.4, -0.2) is 32.7 Å². The molecule has 4 nitrogen and oxygen atoms in total. The first kappa shape index (κ1) is 15.8. The van der Waals surface area contributed by atoms with Gasteiger partial charge in [0.05, 0.1) is 13.7 Å². The third-order valence-corrected chi connectivity index (χ3v) is 3.75. The molecule has 21 heavy (non-hydrogen) atoms. The minimum absolute atomic E-state index is 0.0127. The number of hydrogen-bond acceptors (Lipinski definition) is 4. The first-order valence-electron chi connectivity index (χ1n) is 7.33. The van der Waals surface area contributed by atoms with Gasteiger partial charge < -0.3 is 14.2 Å². The molecule has 0 spiro atoms. The highest BCUT2D eigenvalue weighted by Gasteiger charge is 2.25. The largest absolute Gasteiger partial charge is 0.497 e. The van der Waals surface area contributed by atoms with Gasteiger partial charge in [-0.05, 0) is 30.0 Å². The molecule has 1 aliphatic heterocycles. The average molecular weight is 292 g/mol. The van der Waals surface area contributed by atoms with Gasteiger partial charge in [0.15, 0.2) is 5.78 Å². The number of benzene rings is 1. The SMILES string of the molecule is COc1ccc(OCC(=O)C2CCOC2)c(C(C)(C)C)c1. The van der Waals surface area contributed by atoms with Gasteiger partial charge in [-0.15, -0.1) is 0 Å². The lowest BCUT2D eigenvalue weighted by molar-refractivity contribution is -0.124. The van der Waals surface area contributed by atoms with Gasteiger partial charge in [-0.2, -0.15) is 0 Å². The van der Waals surface area contributed by atoms with Crippen molar-refractivity contribution in [1.82, 2.24) is 0 Å². The molecule has 0 radical (unpaired) electrons. The third-order valence-electron chi connectivity index (χ3n) is 3.75. The molecule has 1 aromatic carbocycles. The summed E-state index contributed by atoms with van der Waals surface area (Å²) in [4.78, 5) is 12.1. The van der Waals surface area contributed by atoms with Crippen molar-refractivity contribution >= 4 is 5.78 Å². The van der Waals surface area contributed by atoms with Crippen molar-refractivity contribution in [3.63, 3.8) is 0 Å². The van der Waals surface area contributed by atoms with Crippen molar-refractivity contribution in [2.24, 2.45) is 5.92 Å². The lowest BCUT2D eigenvalue weighted by atomic mass is 9.86. The van der Waals surface area contributed by atoms with E-state index >= 15 is 0 Å². The highest BCUT2D eigenvalue weighted by atomic mass is 16.5. The van der Waals surface area contributed by atoms with E-state index in [4.69, 9.17) is 14.2 Å². The van der Waals surface area contributed by atoms with Crippen molar-refractivity contribution in [3.05, 3.63) is 23.8 Å². The van der Waals surface area contributed by atoms with Crippen molar-refractivity contribution in [2.45, 2.75) is 32.6 Å². The maximum Gasteiger partial charge on any atom is 0.175 e. The van der Waals surface area contributed by atoms with Crippen LogP contribution in [0.1, 0.15) is 32.8 Å². The number of ether oxygens (including phenoxy) is 3. The highest BCUT2D eigenvalue weighted by molar-refractivity contribution is 5.82. The maximum absolute atomic E-state index is 12.1. The zero-order valence-electron chi connectivity index (χ0n) is 13.3. The van der Waals surface area contributed by atoms with E-state index in [1.807, 2.05) is 18.2 Å². The second kappa shape index (κ2) is 6.48. The monoisotopic (exact) mass is 292 g/mol. The molecule has 1 fully saturated rings. The summed E-state index contributed by atoms with van der Waals surface area (Å²) in [7, 11) is 1.64. The molecule has 4 heteroatoms. The molecule has 0 saturated carbocycles. The quantitative estimate of drug-likeness (QED) is 0.837. The van der Waals surface area contributed by atoms with Crippen LogP contribution in [0.25, 0.3) is 0 Å². The lowest BCUT2D eigenvalue weighted by Crippen LogP contribution is -2.23. The molecule has 0 bridgehead atoms. The minimum atomic E-state index is -0.0800. The first-order chi connectivity index (χ1) is 9.91. The van der Waals surface area contributed by atoms with Crippen LogP contribution in [0.2, 0.25) is 0 Å². The number of methoxy groups -OCH3 is 1. The normalized spacial score (nSPS) is 18.6. The van der Waals surface area contributed by atoms with Gasteiger partial charge in [0, 0.05) is 18.1 Å². The van der Waals surface area contributed by atoms with E-state index in [1.54, 1.807) is 7.11 Å². The molecule has 1 saturated heterocycles. The average Bonchev–Trinajstić information content (AvgIpc) is 2.97. The Bertz CT molecular complexity index is 496. The van der Waals surface area contributed by atoms with Gasteiger partial charge in [0.25, 0.3) is 0 Å². The molecule has 0 amide bonds. The molecule has 0 aliphatic carbocycles. The third kappa shape index (κ3) is 3.97. The van der Waals surface area contributed by atoms with Crippen LogP contribution in [0, 0.1) is 5.92 Å². The summed E-state index contributed by atoms with van der Waals surface area (Å²) in [6.07, 6.45) is 0.803. The molecule has 116 valence electrons. The Labute approximate surface area is 126 Å². The molecule has 1 atom stereocenters. The number of ketones is 1. The molecule has 1 aliphatic rings. The Morgan fingerprint density at radius 3 is 2.71 bits per heavy atom. The van der Waals surface area contributed by atoms with Crippen LogP contribution in [0.4, 0.5) is 0 Å². The second-order valence-electron chi connectivity index (χ2n) is 6.43. The highest BCUT2D eigenvalue weighted by Crippen LogP contribution is 2.34. The predicted octanol–water partition coefficient (Wildman–Crippen LogP) is 2.98. The van der Waals surface area contributed by atoms with Crippen LogP contribution in [0.3, 0.4) is 0 Å². The molecule has 1 unspecified atom stereocenters. The standard InChI is InChI=1S/C17H24O4/c1-17(2,3)14-9-13(19-4)5-6-16(14)21-11-15(18)12-7-8-20-10-12/h5-6,9,12H,7-8,10-11H2,1-4H3. The number of carbonyl (C=O) groups is 1. The first-order valence-corrected chi connectivity index (χ1v) is 7.33. The van der Waals surface area contributed by atoms with E-state index < -0.39 is 0 Å². The van der Waals surface area contributed by atoms with Gasteiger partial charge in [0.2, 0.25) is 0 Å². The Balaban J connectivity index is 2.10. The number of Topliss-reactive ketones (excluding diaryl/α,β-unsaturated/α-hetero) is 1. The molecular weight excluding hydrogens is 268 g/mol. The van der Waals surface area contributed by atoms with E-state index in [0.717, 1.165) is 23.5 Å². The molecule has 2 rings (SSSR count). The second-order valence-corrected chi connectivity index (χ2v) is 6.43. The Morgan fingerprint density at radius 1 is 1.38 bits per heavy atom. The minimum Gasteiger partial charge on any atom is -0.497 e. The fourth-order valence-corrected chi connectivity index (χ4v) is 2.40. The Hall–Kier alpha value is -1.55. The fourth-order valence-electron chi connectivity index (χ4n) is 2.40. The van der Waals surface area contributed by atoms with Crippen molar-refractivity contribution in [1.29, 1.82) is 0 Å². The summed E-state index contributed by atoms with van der Waals surface area (Å²) in [5.41, 5.74) is 0.959. The van der Waals surface area contributed by atoms with E-state index in [0.29, 0.717) is 13.2 Å². The molecule has 1 aromatic rings. The summed E-state index contributed by atoms with van der Waals surface area (Å²) >= 11 is 0. The van der Waals surface area contributed by atoms with Crippen LogP contribution in [0.15, 0.2) is 18.2 Å². The summed E-state index contributed by atoms with van der Waals surface area (Å²) in [6.45, 7) is 7.64. The molecule has 1 heterocycles. The zero-order valence-corrected chi connectivity index (χ0v) is 13.3. The van der Waals surface area contributed by atoms with E-state index in [9.17, 15) is 4.79 Å². The molecule has 0 aromatic heterocycles. The van der Waals surface area contributed by atoms with Crippen molar-refractivity contribution in [2.75, 3.05) is 26.9 Å². The summed E-state index contributed by atoms with van der Waals surface area (Å²) in [5, 5.41) is 0. The molecular formula is C17H24O4. The van der Waals surface area contributed by atoms with Gasteiger partial charge in [-0.25, -0.2) is 0 Å². The lowest BCUT2D eigenvalue weighted by Gasteiger charge is -2.23. The number of rotatable bonds is 5. The molecule has 0 N–H and O–H groups in total. The van der Waals surface area contributed by atoms with Crippen LogP contribution < -0.4 is 9.47 Å². The van der Waals surface area contributed by atoms with Crippen LogP contribution in [0.5, 0.6) is 11.5 Å². The summed E-state index contributed by atoms with van der Waals surface area (Å²) < 4.78 is 16.3. The smallest absolute Gasteiger partial charge is 0.175 e.